The van der Waals surface area contributed by atoms with Crippen molar-refractivity contribution < 1.29 is 0 Å². The maximum Gasteiger partial charge on any atom is 0.155 e. The minimum atomic E-state index is 0.525. The molecule has 0 aliphatic heterocycles. The summed E-state index contributed by atoms with van der Waals surface area (Å²) in [7, 11) is 0.687. The molecule has 0 saturated heterocycles. The number of aromatic nitrogens is 2. The molecule has 2 nitrogen and oxygen atoms in total. The summed E-state index contributed by atoms with van der Waals surface area (Å²) in [4.78, 5) is 0. The van der Waals surface area contributed by atoms with Crippen LogP contribution in [0, 0.1) is 0 Å². The van der Waals surface area contributed by atoms with Gasteiger partial charge in [0, 0.05) is 6.20 Å². The van der Waals surface area contributed by atoms with Crippen molar-refractivity contribution in [2.45, 2.75) is 0 Å². The predicted octanol–water partition coefficient (Wildman–Crippen LogP) is 1.71. The van der Waals surface area contributed by atoms with Crippen molar-refractivity contribution in [2.75, 3.05) is 0 Å². The molecule has 4 heteroatoms. The van der Waals surface area contributed by atoms with Crippen LogP contribution in [-0.4, -0.2) is 9.49 Å². The molecule has 36 valence electrons. The Morgan fingerprint density at radius 1 is 1.71 bits per heavy atom. The third kappa shape index (κ3) is 1.38. The first-order valence-corrected chi connectivity index (χ1v) is 2.87. The van der Waals surface area contributed by atoms with Crippen LogP contribution in [0.5, 0.6) is 0 Å². The fourth-order valence-electron chi connectivity index (χ4n) is 0.227. The molecule has 0 amide bonds. The second-order valence-corrected chi connectivity index (χ2v) is 1.94. The molecule has 0 saturated carbocycles. The quantitative estimate of drug-likeness (QED) is 0.537. The molecule has 0 aromatic carbocycles. The summed E-state index contributed by atoms with van der Waals surface area (Å²) < 4.78 is 7.48. The summed E-state index contributed by atoms with van der Waals surface area (Å²) >= 11 is 5.41. The molecule has 0 atom stereocenters. The third-order valence-electron chi connectivity index (χ3n) is 0.471. The van der Waals surface area contributed by atoms with Crippen molar-refractivity contribution in [3.8, 4) is 0 Å². The van der Waals surface area contributed by atoms with E-state index in [1.165, 1.54) is 0 Å². The maximum absolute atomic E-state index is 5.41. The average Bonchev–Trinajstić information content (AvgIpc) is 1.69. The second-order valence-electron chi connectivity index (χ2n) is 0.943. The first-order chi connectivity index (χ1) is 3.39. The zero-order valence-corrected chi connectivity index (χ0v) is 5.02. The van der Waals surface area contributed by atoms with Crippen molar-refractivity contribution in [3.05, 3.63) is 17.4 Å². The smallest absolute Gasteiger partial charge is 0.155 e. The van der Waals surface area contributed by atoms with E-state index in [4.69, 9.17) is 11.6 Å². The molecule has 0 bridgehead atoms. The summed E-state index contributed by atoms with van der Waals surface area (Å²) in [6, 6.07) is 1.65. The number of nitrogens with zero attached hydrogens (tertiary/aromatic N) is 2. The Labute approximate surface area is 47.8 Å². The van der Waals surface area contributed by atoms with E-state index >= 15 is 0 Å². The molecule has 1 rings (SSSR count). The summed E-state index contributed by atoms with van der Waals surface area (Å²) in [6.45, 7) is 0. The molecule has 7 heavy (non-hydrogen) atoms. The van der Waals surface area contributed by atoms with Crippen LogP contribution in [0.25, 0.3) is 0 Å². The molecule has 0 fully saturated rings. The lowest BCUT2D eigenvalue weighted by Gasteiger charge is -1.77. The van der Waals surface area contributed by atoms with Gasteiger partial charge in [-0.05, 0) is 6.07 Å². The van der Waals surface area contributed by atoms with Crippen molar-refractivity contribution in [2.24, 2.45) is 0 Å². The van der Waals surface area contributed by atoms with Crippen molar-refractivity contribution in [3.63, 3.8) is 0 Å². The molecular weight excluding hydrogens is 130 g/mol. The molecule has 0 aliphatic carbocycles. The predicted molar refractivity (Wildman–Crippen MR) is 29.6 cm³/mol. The van der Waals surface area contributed by atoms with E-state index in [-0.39, 0.29) is 0 Å². The van der Waals surface area contributed by atoms with Gasteiger partial charge in [-0.2, -0.15) is 4.75 Å². The van der Waals surface area contributed by atoms with Crippen molar-refractivity contribution in [1.82, 2.24) is 9.49 Å². The fraction of sp³-hybridized carbons (Fsp3) is 0. The summed E-state index contributed by atoms with van der Waals surface area (Å²) in [5.41, 5.74) is 0. The lowest BCUT2D eigenvalue weighted by Crippen LogP contribution is -1.64. The highest BCUT2D eigenvalue weighted by atomic mass is 35.5. The van der Waals surface area contributed by atoms with E-state index in [2.05, 4.69) is 9.49 Å². The molecule has 0 unspecified atom stereocenters. The maximum atomic E-state index is 5.41. The molecule has 0 radical (unpaired) electrons. The molecule has 0 aliphatic rings. The summed E-state index contributed by atoms with van der Waals surface area (Å²) in [5.74, 6) is 0. The van der Waals surface area contributed by atoms with E-state index in [0.717, 1.165) is 0 Å². The highest BCUT2D eigenvalue weighted by Gasteiger charge is 1.78. The first-order valence-electron chi connectivity index (χ1n) is 1.69. The Morgan fingerprint density at radius 3 is 2.86 bits per heavy atom. The molecule has 1 heterocycles. The van der Waals surface area contributed by atoms with Crippen LogP contribution in [0.15, 0.2) is 12.3 Å². The van der Waals surface area contributed by atoms with E-state index in [9.17, 15) is 0 Å². The van der Waals surface area contributed by atoms with Gasteiger partial charge in [0.25, 0.3) is 0 Å². The normalized spacial score (nSPS) is 9.86. The van der Waals surface area contributed by atoms with Crippen LogP contribution in [0.2, 0.25) is 5.15 Å². The Balaban J connectivity index is 3.02. The van der Waals surface area contributed by atoms with Crippen molar-refractivity contribution in [1.29, 1.82) is 0 Å². The zero-order valence-electron chi connectivity index (χ0n) is 3.37. The van der Waals surface area contributed by atoms with Gasteiger partial charge in [-0.1, -0.05) is 11.6 Å². The van der Waals surface area contributed by atoms with Crippen LogP contribution >= 0.6 is 20.1 Å². The minimum Gasteiger partial charge on any atom is -0.217 e. The van der Waals surface area contributed by atoms with Gasteiger partial charge >= 0.3 is 0 Å². The highest BCUT2D eigenvalue weighted by molar-refractivity contribution is 7.20. The van der Waals surface area contributed by atoms with Gasteiger partial charge in [0.15, 0.2) is 8.51 Å². The van der Waals surface area contributed by atoms with E-state index in [0.29, 0.717) is 13.7 Å². The Bertz CT molecular complexity index is 143. The van der Waals surface area contributed by atoms with Gasteiger partial charge in [0.05, 0.1) is 0 Å². The van der Waals surface area contributed by atoms with Crippen LogP contribution in [0.1, 0.15) is 0 Å². The fourth-order valence-corrected chi connectivity index (χ4v) is 0.714. The molecular formula is C3H2ClN2P. The van der Waals surface area contributed by atoms with Gasteiger partial charge in [-0.25, -0.2) is 4.75 Å². The monoisotopic (exact) mass is 132 g/mol. The average molecular weight is 132 g/mol. The highest BCUT2D eigenvalue weighted by Crippen LogP contribution is 2.02. The van der Waals surface area contributed by atoms with E-state index in [1.54, 1.807) is 12.3 Å². The largest absolute Gasteiger partial charge is 0.217 e. The Morgan fingerprint density at radius 2 is 2.57 bits per heavy atom. The van der Waals surface area contributed by atoms with Gasteiger partial charge < -0.3 is 0 Å². The van der Waals surface area contributed by atoms with Gasteiger partial charge in [-0.15, -0.1) is 0 Å². The lowest BCUT2D eigenvalue weighted by molar-refractivity contribution is 1.42. The number of hydrogen-bond donors (Lipinski definition) is 0. The van der Waals surface area contributed by atoms with Crippen LogP contribution in [0.3, 0.4) is 0 Å². The van der Waals surface area contributed by atoms with Crippen LogP contribution in [-0.2, 0) is 0 Å². The SMILES string of the molecule is Clc1ccnpn1. The molecule has 1 aromatic heterocycles. The molecule has 0 N–H and O–H groups in total. The van der Waals surface area contributed by atoms with Gasteiger partial charge in [0.1, 0.15) is 5.15 Å². The van der Waals surface area contributed by atoms with Crippen LogP contribution < -0.4 is 0 Å². The topological polar surface area (TPSA) is 25.8 Å². The van der Waals surface area contributed by atoms with Gasteiger partial charge in [0.2, 0.25) is 0 Å². The van der Waals surface area contributed by atoms with Gasteiger partial charge in [-0.3, -0.25) is 0 Å². The number of rotatable bonds is 0. The standard InChI is InChI=1S/C3H2ClN2P/c4-3-1-2-5-7-6-3/h1-2H. The van der Waals surface area contributed by atoms with E-state index < -0.39 is 0 Å². The molecule has 0 spiro atoms. The van der Waals surface area contributed by atoms with Crippen molar-refractivity contribution >= 4 is 20.1 Å². The lowest BCUT2D eigenvalue weighted by atomic mass is 10.7. The summed E-state index contributed by atoms with van der Waals surface area (Å²) in [5, 5.41) is 0.525. The number of halogens is 1. The Kier molecular flexibility index (Phi) is 1.55. The molecule has 1 aromatic rings. The third-order valence-corrected chi connectivity index (χ3v) is 1.34. The number of hydrogen-bond acceptors (Lipinski definition) is 2. The zero-order chi connectivity index (χ0) is 5.11. The minimum absolute atomic E-state index is 0.525. The first kappa shape index (κ1) is 4.95. The Hall–Kier alpha value is -0.200. The van der Waals surface area contributed by atoms with Crippen LogP contribution in [0.4, 0.5) is 0 Å². The second kappa shape index (κ2) is 2.20. The van der Waals surface area contributed by atoms with E-state index in [1.807, 2.05) is 0 Å². The summed E-state index contributed by atoms with van der Waals surface area (Å²) in [6.07, 6.45) is 1.64.